The summed E-state index contributed by atoms with van der Waals surface area (Å²) in [6.45, 7) is 10.1. The molecule has 0 spiro atoms. The number of pyridine rings is 1. The highest BCUT2D eigenvalue weighted by Gasteiger charge is 2.27. The molecule has 6 rings (SSSR count). The number of thiazole rings is 1. The van der Waals surface area contributed by atoms with E-state index in [1.807, 2.05) is 80.2 Å². The Hall–Kier alpha value is -4.50. The summed E-state index contributed by atoms with van der Waals surface area (Å²) >= 11 is 1.56. The fourth-order valence-electron chi connectivity index (χ4n) is 5.50. The van der Waals surface area contributed by atoms with Crippen molar-refractivity contribution in [2.45, 2.75) is 53.2 Å². The molecule has 0 fully saturated rings. The third kappa shape index (κ3) is 4.56. The van der Waals surface area contributed by atoms with Crippen molar-refractivity contribution >= 4 is 33.0 Å². The number of nitrogens with two attached hydrogens (primary N) is 1. The fourth-order valence-corrected chi connectivity index (χ4v) is 6.43. The summed E-state index contributed by atoms with van der Waals surface area (Å²) in [4.78, 5) is 23.9. The van der Waals surface area contributed by atoms with Crippen LogP contribution in [0.1, 0.15) is 50.1 Å². The van der Waals surface area contributed by atoms with Crippen LogP contribution in [0.2, 0.25) is 0 Å². The van der Waals surface area contributed by atoms with Gasteiger partial charge in [-0.2, -0.15) is 5.10 Å². The molecule has 2 N–H and O–H groups in total. The Morgan fingerprint density at radius 2 is 1.80 bits per heavy atom. The summed E-state index contributed by atoms with van der Waals surface area (Å²) in [6, 6.07) is 17.7. The van der Waals surface area contributed by atoms with Crippen LogP contribution in [0.5, 0.6) is 5.75 Å². The second kappa shape index (κ2) is 10.5. The summed E-state index contributed by atoms with van der Waals surface area (Å²) < 4.78 is 9.67. The Bertz CT molecular complexity index is 1950. The Labute approximate surface area is 242 Å². The molecule has 0 radical (unpaired) electrons. The largest absolute Gasteiger partial charge is 0.491 e. The first kappa shape index (κ1) is 26.7. The van der Waals surface area contributed by atoms with Gasteiger partial charge in [-0.25, -0.2) is 14.6 Å². The first-order chi connectivity index (χ1) is 19.8. The van der Waals surface area contributed by atoms with Gasteiger partial charge in [-0.15, -0.1) is 11.3 Å². The maximum Gasteiger partial charge on any atom is 0.264 e. The van der Waals surface area contributed by atoms with E-state index in [4.69, 9.17) is 15.6 Å². The Morgan fingerprint density at radius 3 is 2.51 bits per heavy atom. The van der Waals surface area contributed by atoms with E-state index in [0.717, 1.165) is 38.5 Å². The van der Waals surface area contributed by atoms with Crippen LogP contribution in [0.4, 0.5) is 5.82 Å². The molecule has 41 heavy (non-hydrogen) atoms. The lowest BCUT2D eigenvalue weighted by Gasteiger charge is -2.21. The highest BCUT2D eigenvalue weighted by molar-refractivity contribution is 7.15. The summed E-state index contributed by atoms with van der Waals surface area (Å²) in [5, 5.41) is 7.84. The number of anilines is 1. The lowest BCUT2D eigenvalue weighted by Crippen LogP contribution is -2.22. The predicted molar refractivity (Wildman–Crippen MR) is 166 cm³/mol. The minimum absolute atomic E-state index is 0.0388. The molecule has 0 unspecified atom stereocenters. The van der Waals surface area contributed by atoms with Crippen molar-refractivity contribution in [1.29, 1.82) is 0 Å². The van der Waals surface area contributed by atoms with Crippen molar-refractivity contribution in [3.8, 4) is 28.1 Å². The molecule has 0 aliphatic rings. The number of aryl methyl sites for hydroxylation is 2. The van der Waals surface area contributed by atoms with Gasteiger partial charge in [-0.05, 0) is 75.1 Å². The molecule has 0 aliphatic carbocycles. The third-order valence-corrected chi connectivity index (χ3v) is 8.34. The zero-order valence-electron chi connectivity index (χ0n) is 23.8. The van der Waals surface area contributed by atoms with Gasteiger partial charge < -0.3 is 10.5 Å². The Morgan fingerprint density at radius 1 is 1.02 bits per heavy atom. The first-order valence-corrected chi connectivity index (χ1v) is 14.6. The first-order valence-electron chi connectivity index (χ1n) is 13.7. The quantitative estimate of drug-likeness (QED) is 0.228. The van der Waals surface area contributed by atoms with Crippen LogP contribution in [0.15, 0.2) is 71.1 Å². The van der Waals surface area contributed by atoms with Gasteiger partial charge in [0.05, 0.1) is 23.1 Å². The molecule has 9 heteroatoms. The van der Waals surface area contributed by atoms with E-state index in [1.54, 1.807) is 15.7 Å². The summed E-state index contributed by atoms with van der Waals surface area (Å²) in [6.07, 6.45) is 2.22. The van der Waals surface area contributed by atoms with E-state index in [9.17, 15) is 4.79 Å². The maximum atomic E-state index is 14.1. The molecule has 0 saturated carbocycles. The highest BCUT2D eigenvalue weighted by Crippen LogP contribution is 2.38. The van der Waals surface area contributed by atoms with Crippen molar-refractivity contribution < 1.29 is 4.74 Å². The van der Waals surface area contributed by atoms with E-state index in [2.05, 4.69) is 29.0 Å². The molecule has 0 bridgehead atoms. The highest BCUT2D eigenvalue weighted by atomic mass is 32.1. The Kier molecular flexibility index (Phi) is 6.83. The number of nitrogen functional groups attached to an aromatic ring is 1. The lowest BCUT2D eigenvalue weighted by atomic mass is 9.95. The molecule has 4 aromatic heterocycles. The zero-order valence-corrected chi connectivity index (χ0v) is 24.6. The van der Waals surface area contributed by atoms with Gasteiger partial charge in [0, 0.05) is 16.6 Å². The summed E-state index contributed by atoms with van der Waals surface area (Å²) in [7, 11) is 0. The molecule has 2 aromatic carbocycles. The Balaban J connectivity index is 1.61. The van der Waals surface area contributed by atoms with Crippen LogP contribution in [0.3, 0.4) is 0 Å². The number of ether oxygens (including phenoxy) is 1. The van der Waals surface area contributed by atoms with Crippen molar-refractivity contribution in [1.82, 2.24) is 24.1 Å². The standard InChI is InChI=1S/C32H32N6O2S/c1-6-24(23-15-26-37(20(5)16-41-26)32(39)27(23)21-10-8-7-9-11-21)38-31-28(30(33)34-17-35-31)29(36-38)22-12-13-25(19(4)14-22)40-18(2)3/h7-18,24H,6H2,1-5H3,(H2,33,34,35)/t24-/m0/s1. The third-order valence-electron chi connectivity index (χ3n) is 7.34. The van der Waals surface area contributed by atoms with Crippen molar-refractivity contribution in [2.24, 2.45) is 0 Å². The van der Waals surface area contributed by atoms with Gasteiger partial charge in [0.2, 0.25) is 0 Å². The second-order valence-corrected chi connectivity index (χ2v) is 11.4. The van der Waals surface area contributed by atoms with Gasteiger partial charge in [-0.3, -0.25) is 9.20 Å². The molecule has 4 heterocycles. The predicted octanol–water partition coefficient (Wildman–Crippen LogP) is 6.82. The SMILES string of the molecule is CC[C@@H](c1cc2scc(C)n2c(=O)c1-c1ccccc1)n1nc(-c2ccc(OC(C)C)c(C)c2)c2c(N)ncnc21. The van der Waals surface area contributed by atoms with Crippen molar-refractivity contribution in [3.05, 3.63) is 93.5 Å². The molecule has 0 saturated heterocycles. The van der Waals surface area contributed by atoms with Crippen LogP contribution in [0.25, 0.3) is 38.2 Å². The smallest absolute Gasteiger partial charge is 0.264 e. The molecule has 0 amide bonds. The van der Waals surface area contributed by atoms with Gasteiger partial charge in [0.1, 0.15) is 28.4 Å². The molecular formula is C32H32N6O2S. The minimum Gasteiger partial charge on any atom is -0.491 e. The van der Waals surface area contributed by atoms with Gasteiger partial charge in [0.25, 0.3) is 5.56 Å². The van der Waals surface area contributed by atoms with Crippen LogP contribution in [0, 0.1) is 13.8 Å². The zero-order chi connectivity index (χ0) is 28.8. The topological polar surface area (TPSA) is 100 Å². The van der Waals surface area contributed by atoms with Crippen molar-refractivity contribution in [3.63, 3.8) is 0 Å². The van der Waals surface area contributed by atoms with E-state index >= 15 is 0 Å². The molecule has 208 valence electrons. The van der Waals surface area contributed by atoms with E-state index in [-0.39, 0.29) is 17.7 Å². The number of hydrogen-bond donors (Lipinski definition) is 1. The van der Waals surface area contributed by atoms with E-state index in [1.165, 1.54) is 6.33 Å². The number of hydrogen-bond acceptors (Lipinski definition) is 7. The van der Waals surface area contributed by atoms with Crippen LogP contribution >= 0.6 is 11.3 Å². The molecular weight excluding hydrogens is 532 g/mol. The average Bonchev–Trinajstić information content (AvgIpc) is 3.52. The van der Waals surface area contributed by atoms with Crippen LogP contribution < -0.4 is 16.0 Å². The molecule has 0 aliphatic heterocycles. The normalized spacial score (nSPS) is 12.4. The number of rotatable bonds is 7. The summed E-state index contributed by atoms with van der Waals surface area (Å²) in [5.74, 6) is 1.19. The van der Waals surface area contributed by atoms with Gasteiger partial charge in [-0.1, -0.05) is 37.3 Å². The molecule has 6 aromatic rings. The molecule has 1 atom stereocenters. The van der Waals surface area contributed by atoms with Crippen LogP contribution in [-0.2, 0) is 0 Å². The van der Waals surface area contributed by atoms with E-state index < -0.39 is 0 Å². The van der Waals surface area contributed by atoms with E-state index in [0.29, 0.717) is 34.5 Å². The summed E-state index contributed by atoms with van der Waals surface area (Å²) in [5.41, 5.74) is 13.0. The second-order valence-electron chi connectivity index (χ2n) is 10.5. The lowest BCUT2D eigenvalue weighted by molar-refractivity contribution is 0.241. The van der Waals surface area contributed by atoms with Crippen molar-refractivity contribution in [2.75, 3.05) is 5.73 Å². The number of aromatic nitrogens is 5. The number of benzene rings is 2. The van der Waals surface area contributed by atoms with Gasteiger partial charge in [0.15, 0.2) is 5.65 Å². The number of nitrogens with zero attached hydrogens (tertiary/aromatic N) is 5. The maximum absolute atomic E-state index is 14.1. The average molecular weight is 565 g/mol. The monoisotopic (exact) mass is 564 g/mol. The molecule has 8 nitrogen and oxygen atoms in total. The minimum atomic E-state index is -0.277. The number of fused-ring (bicyclic) bond motifs is 2. The van der Waals surface area contributed by atoms with Gasteiger partial charge >= 0.3 is 0 Å². The fraction of sp³-hybridized carbons (Fsp3) is 0.250. The van der Waals surface area contributed by atoms with Crippen LogP contribution in [-0.4, -0.2) is 30.3 Å².